The summed E-state index contributed by atoms with van der Waals surface area (Å²) in [6.07, 6.45) is 1.61. The topological polar surface area (TPSA) is 79.4 Å². The predicted molar refractivity (Wildman–Crippen MR) is 75.1 cm³/mol. The Morgan fingerprint density at radius 2 is 1.95 bits per heavy atom. The monoisotopic (exact) mass is 275 g/mol. The van der Waals surface area contributed by atoms with Gasteiger partial charge in [0.2, 0.25) is 0 Å². The van der Waals surface area contributed by atoms with Gasteiger partial charge in [-0.3, -0.25) is 9.59 Å². The number of aliphatic carboxylic acids is 1. The lowest BCUT2D eigenvalue weighted by molar-refractivity contribution is -0.142. The number of carboxylic acid groups (broad SMARTS) is 1. The van der Waals surface area contributed by atoms with Crippen LogP contribution >= 0.6 is 0 Å². The SMILES string of the molecule is COc1cccc2[nH]cc(C(=O)C(C)C(C)C(=O)O)c12. The number of carbonyl (C=O) groups is 2. The van der Waals surface area contributed by atoms with Gasteiger partial charge in [0.15, 0.2) is 5.78 Å². The summed E-state index contributed by atoms with van der Waals surface area (Å²) in [5, 5.41) is 9.73. The molecular weight excluding hydrogens is 258 g/mol. The lowest BCUT2D eigenvalue weighted by atomic mass is 9.88. The van der Waals surface area contributed by atoms with Gasteiger partial charge in [-0.1, -0.05) is 19.9 Å². The first kappa shape index (κ1) is 14.1. The zero-order valence-electron chi connectivity index (χ0n) is 11.6. The van der Waals surface area contributed by atoms with Crippen molar-refractivity contribution in [1.82, 2.24) is 4.98 Å². The summed E-state index contributed by atoms with van der Waals surface area (Å²) in [6.45, 7) is 3.17. The van der Waals surface area contributed by atoms with Crippen LogP contribution in [-0.2, 0) is 4.79 Å². The molecule has 0 radical (unpaired) electrons. The van der Waals surface area contributed by atoms with Crippen molar-refractivity contribution in [2.24, 2.45) is 11.8 Å². The molecule has 2 atom stereocenters. The molecule has 0 aliphatic rings. The summed E-state index contributed by atoms with van der Waals surface area (Å²) in [6, 6.07) is 5.45. The lowest BCUT2D eigenvalue weighted by Gasteiger charge is -2.14. The van der Waals surface area contributed by atoms with Crippen molar-refractivity contribution in [1.29, 1.82) is 0 Å². The van der Waals surface area contributed by atoms with Crippen LogP contribution in [0.2, 0.25) is 0 Å². The third-order valence-corrected chi connectivity index (χ3v) is 3.71. The quantitative estimate of drug-likeness (QED) is 0.822. The van der Waals surface area contributed by atoms with E-state index in [0.29, 0.717) is 16.7 Å². The Labute approximate surface area is 116 Å². The van der Waals surface area contributed by atoms with E-state index < -0.39 is 17.8 Å². The molecule has 0 spiro atoms. The highest BCUT2D eigenvalue weighted by atomic mass is 16.5. The molecule has 2 unspecified atom stereocenters. The minimum Gasteiger partial charge on any atom is -0.496 e. The van der Waals surface area contributed by atoms with Crippen LogP contribution in [-0.4, -0.2) is 29.0 Å². The zero-order chi connectivity index (χ0) is 14.9. The summed E-state index contributed by atoms with van der Waals surface area (Å²) in [4.78, 5) is 26.5. The highest BCUT2D eigenvalue weighted by Gasteiger charge is 2.28. The van der Waals surface area contributed by atoms with Crippen LogP contribution in [0.15, 0.2) is 24.4 Å². The number of rotatable bonds is 5. The molecule has 1 aromatic carbocycles. The first-order valence-electron chi connectivity index (χ1n) is 6.38. The van der Waals surface area contributed by atoms with E-state index in [0.717, 1.165) is 5.52 Å². The largest absolute Gasteiger partial charge is 0.496 e. The van der Waals surface area contributed by atoms with Gasteiger partial charge in [0.25, 0.3) is 0 Å². The van der Waals surface area contributed by atoms with Gasteiger partial charge < -0.3 is 14.8 Å². The fourth-order valence-electron chi connectivity index (χ4n) is 2.20. The molecule has 0 aliphatic heterocycles. The fourth-order valence-corrected chi connectivity index (χ4v) is 2.20. The molecule has 1 heterocycles. The second-order valence-electron chi connectivity index (χ2n) is 4.87. The number of ether oxygens (including phenoxy) is 1. The molecule has 0 amide bonds. The highest BCUT2D eigenvalue weighted by molar-refractivity contribution is 6.11. The van der Waals surface area contributed by atoms with E-state index in [1.165, 1.54) is 6.92 Å². The number of aromatic nitrogens is 1. The number of aromatic amines is 1. The van der Waals surface area contributed by atoms with Crippen LogP contribution in [0.1, 0.15) is 24.2 Å². The molecule has 0 bridgehead atoms. The predicted octanol–water partition coefficient (Wildman–Crippen LogP) is 2.72. The zero-order valence-corrected chi connectivity index (χ0v) is 11.6. The molecule has 0 aliphatic carbocycles. The van der Waals surface area contributed by atoms with E-state index in [-0.39, 0.29) is 5.78 Å². The van der Waals surface area contributed by atoms with E-state index in [1.807, 2.05) is 12.1 Å². The summed E-state index contributed by atoms with van der Waals surface area (Å²) < 4.78 is 5.28. The van der Waals surface area contributed by atoms with Crippen molar-refractivity contribution in [3.63, 3.8) is 0 Å². The molecule has 0 saturated carbocycles. The molecule has 5 heteroatoms. The normalized spacial score (nSPS) is 13.9. The number of benzene rings is 1. The highest BCUT2D eigenvalue weighted by Crippen LogP contribution is 2.31. The van der Waals surface area contributed by atoms with Gasteiger partial charge in [0.1, 0.15) is 5.75 Å². The number of Topliss-reactive ketones (excluding diaryl/α,β-unsaturated/α-hetero) is 1. The average Bonchev–Trinajstić information content (AvgIpc) is 2.88. The van der Waals surface area contributed by atoms with Gasteiger partial charge >= 0.3 is 5.97 Å². The Morgan fingerprint density at radius 3 is 2.55 bits per heavy atom. The van der Waals surface area contributed by atoms with Crippen LogP contribution in [0.25, 0.3) is 10.9 Å². The Bertz CT molecular complexity index is 659. The number of hydrogen-bond acceptors (Lipinski definition) is 3. The number of fused-ring (bicyclic) bond motifs is 1. The van der Waals surface area contributed by atoms with Crippen molar-refractivity contribution in [2.75, 3.05) is 7.11 Å². The number of carbonyl (C=O) groups excluding carboxylic acids is 1. The van der Waals surface area contributed by atoms with Gasteiger partial charge in [0.05, 0.1) is 18.4 Å². The fraction of sp³-hybridized carbons (Fsp3) is 0.333. The lowest BCUT2D eigenvalue weighted by Crippen LogP contribution is -2.25. The molecular formula is C15H17NO4. The van der Waals surface area contributed by atoms with E-state index >= 15 is 0 Å². The minimum atomic E-state index is -0.974. The minimum absolute atomic E-state index is 0.198. The number of ketones is 1. The van der Waals surface area contributed by atoms with Gasteiger partial charge in [-0.15, -0.1) is 0 Å². The first-order chi connectivity index (χ1) is 9.47. The van der Waals surface area contributed by atoms with Crippen LogP contribution in [0.4, 0.5) is 0 Å². The maximum atomic E-state index is 12.5. The molecule has 5 nitrogen and oxygen atoms in total. The van der Waals surface area contributed by atoms with Crippen molar-refractivity contribution < 1.29 is 19.4 Å². The molecule has 106 valence electrons. The first-order valence-corrected chi connectivity index (χ1v) is 6.38. The van der Waals surface area contributed by atoms with Crippen LogP contribution < -0.4 is 4.74 Å². The summed E-state index contributed by atoms with van der Waals surface area (Å²) >= 11 is 0. The van der Waals surface area contributed by atoms with Crippen LogP contribution in [0, 0.1) is 11.8 Å². The van der Waals surface area contributed by atoms with Crippen molar-refractivity contribution in [2.45, 2.75) is 13.8 Å². The summed E-state index contributed by atoms with van der Waals surface area (Å²) in [7, 11) is 1.54. The smallest absolute Gasteiger partial charge is 0.306 e. The Kier molecular flexibility index (Phi) is 3.79. The van der Waals surface area contributed by atoms with Gasteiger partial charge in [-0.05, 0) is 12.1 Å². The maximum absolute atomic E-state index is 12.5. The van der Waals surface area contributed by atoms with Crippen LogP contribution in [0.5, 0.6) is 5.75 Å². The van der Waals surface area contributed by atoms with E-state index in [4.69, 9.17) is 9.84 Å². The maximum Gasteiger partial charge on any atom is 0.306 e. The number of hydrogen-bond donors (Lipinski definition) is 2. The second-order valence-corrected chi connectivity index (χ2v) is 4.87. The molecule has 20 heavy (non-hydrogen) atoms. The van der Waals surface area contributed by atoms with E-state index in [2.05, 4.69) is 4.98 Å². The Hall–Kier alpha value is -2.30. The third kappa shape index (κ3) is 2.27. The van der Waals surface area contributed by atoms with Crippen LogP contribution in [0.3, 0.4) is 0 Å². The number of methoxy groups -OCH3 is 1. The van der Waals surface area contributed by atoms with E-state index in [9.17, 15) is 9.59 Å². The van der Waals surface area contributed by atoms with Gasteiger partial charge in [0, 0.05) is 23.2 Å². The molecule has 2 aromatic rings. The molecule has 0 fully saturated rings. The molecule has 2 N–H and O–H groups in total. The summed E-state index contributed by atoms with van der Waals surface area (Å²) in [5.41, 5.74) is 1.26. The third-order valence-electron chi connectivity index (χ3n) is 3.71. The van der Waals surface area contributed by atoms with Gasteiger partial charge in [-0.25, -0.2) is 0 Å². The van der Waals surface area contributed by atoms with Crippen molar-refractivity contribution in [3.8, 4) is 5.75 Å². The Morgan fingerprint density at radius 1 is 1.25 bits per heavy atom. The second kappa shape index (κ2) is 5.36. The number of H-pyrrole nitrogens is 1. The average molecular weight is 275 g/mol. The molecule has 0 saturated heterocycles. The Balaban J connectivity index is 2.48. The number of nitrogens with one attached hydrogen (secondary N) is 1. The van der Waals surface area contributed by atoms with Gasteiger partial charge in [-0.2, -0.15) is 0 Å². The number of carboxylic acids is 1. The van der Waals surface area contributed by atoms with Crippen molar-refractivity contribution >= 4 is 22.7 Å². The van der Waals surface area contributed by atoms with Crippen molar-refractivity contribution in [3.05, 3.63) is 30.0 Å². The summed E-state index contributed by atoms with van der Waals surface area (Å²) in [5.74, 6) is -1.91. The molecule has 1 aromatic heterocycles. The molecule has 2 rings (SSSR count). The standard InChI is InChI=1S/C15H17NO4/c1-8(9(2)15(18)19)14(17)10-7-16-11-5-4-6-12(20-3)13(10)11/h4-9,16H,1-3H3,(H,18,19). The van der Waals surface area contributed by atoms with E-state index in [1.54, 1.807) is 26.3 Å².